The summed E-state index contributed by atoms with van der Waals surface area (Å²) in [5, 5.41) is 9.32. The molecule has 0 bridgehead atoms. The quantitative estimate of drug-likeness (QED) is 0.150. The Labute approximate surface area is 357 Å². The lowest BCUT2D eigenvalue weighted by molar-refractivity contribution is 0.0980. The lowest BCUT2D eigenvalue weighted by atomic mass is 10.0. The summed E-state index contributed by atoms with van der Waals surface area (Å²) >= 11 is 0. The highest BCUT2D eigenvalue weighted by Crippen LogP contribution is 2.26. The van der Waals surface area contributed by atoms with E-state index in [-0.39, 0.29) is 39.7 Å². The number of rotatable bonds is 9. The molecule has 2 N–H and O–H groups in total. The minimum absolute atomic E-state index is 0. The number of aromatic nitrogens is 1. The van der Waals surface area contributed by atoms with Crippen LogP contribution in [0.5, 0.6) is 0 Å². The lowest BCUT2D eigenvalue weighted by Gasteiger charge is -2.18. The third kappa shape index (κ3) is 5.71. The second-order valence-electron chi connectivity index (χ2n) is 8.34. The fraction of sp³-hybridized carbons (Fsp3) is 0.455. The Bertz CT molecular complexity index is 1360. The molecule has 0 spiro atoms. The number of hydrogen-bond acceptors (Lipinski definition) is 6. The molecule has 1 aliphatic heterocycles. The summed E-state index contributed by atoms with van der Waals surface area (Å²) in [7, 11) is -3.33. The van der Waals surface area contributed by atoms with E-state index in [0.29, 0.717) is 12.1 Å². The molecule has 0 aliphatic carbocycles. The topological polar surface area (TPSA) is 118 Å². The van der Waals surface area contributed by atoms with Gasteiger partial charge in [-0.2, -0.15) is 0 Å². The van der Waals surface area contributed by atoms with Gasteiger partial charge in [0.05, 0.1) is 6.61 Å². The van der Waals surface area contributed by atoms with Crippen LogP contribution < -0.4 is 4.72 Å². The average molecular weight is 736 g/mol. The second-order valence-corrected chi connectivity index (χ2v) is 10.0. The summed E-state index contributed by atoms with van der Waals surface area (Å²) in [4.78, 5) is 25.2. The van der Waals surface area contributed by atoms with Crippen LogP contribution in [-0.4, -0.2) is 67.2 Å². The Morgan fingerprint density at radius 3 is 2.42 bits per heavy atom. The van der Waals surface area contributed by atoms with Crippen molar-refractivity contribution in [2.75, 3.05) is 26.3 Å². The number of carbonyl (C=O) groups is 2. The Morgan fingerprint density at radius 1 is 1.19 bits per heavy atom. The number of ether oxygens (including phenoxy) is 1. The number of aliphatic hydroxyl groups is 1. The number of halogens is 4. The molecule has 0 radical (unpaired) electrons. The molecule has 0 saturated carbocycles. The van der Waals surface area contributed by atoms with E-state index >= 15 is 4.39 Å². The fourth-order valence-electron chi connectivity index (χ4n) is 4.14. The summed E-state index contributed by atoms with van der Waals surface area (Å²) in [6, 6.07) is 0.315. The summed E-state index contributed by atoms with van der Waals surface area (Å²) in [6.45, 7) is 1.48. The largest absolute Gasteiger partial charge is 0.450 e. The normalized spacial score (nSPS) is 28.9. The van der Waals surface area contributed by atoms with Crippen molar-refractivity contribution in [3.8, 4) is 0 Å². The number of ketones is 1. The van der Waals surface area contributed by atoms with Gasteiger partial charge in [-0.15, -0.1) is 0 Å². The lowest BCUT2D eigenvalue weighted by Crippen LogP contribution is -2.41. The zero-order valence-corrected chi connectivity index (χ0v) is 20.2. The van der Waals surface area contributed by atoms with Crippen molar-refractivity contribution < 1.29 is 192 Å². The molecule has 1 fully saturated rings. The molecule has 298 valence electrons. The standard InChI is InChI=1S/C22H25F4N3O6S.50H2/c1-3-35-22(32)29-9-13(4-5-30)16(10-29)27-36(33,34)18-11-28(2)21(20(18)26)17(31)8-12-6-14(23)19(25)15(24)7-12;;;;;;;;;;;;;;;;;;;;;;;;;;;;;;;;;;;;;;;;;;;;;;;;;;/h6-7,11,13,16,27,30H,3-5,8-10H2,1-2H3;50*1H/i;49*1+1D;1+1. The van der Waals surface area contributed by atoms with Crippen molar-refractivity contribution in [1.82, 2.24) is 14.2 Å². The predicted octanol–water partition coefficient (Wildman–Crippen LogP) is 14.4. The van der Waals surface area contributed by atoms with Crippen LogP contribution in [0.25, 0.3) is 0 Å². The smallest absolute Gasteiger partial charge is 0.409 e. The van der Waals surface area contributed by atoms with E-state index in [1.807, 2.05) is 0 Å². The van der Waals surface area contributed by atoms with Crippen LogP contribution in [0.1, 0.15) is 176 Å². The first kappa shape index (κ1) is 4.80. The SMILES string of the molecule is CCOC(=O)N1CC(CCO)C(NS(=O)(=O)c2cn(C)c(C(=O)Cc3cc(F)c(F)c(F)c3)c2F)C1.[2HH].[2H][2H].[2H][2H].[2H][2H].[2H][2H].[2H][2H].[2H][2H].[2H][2H].[2H][2H].[2H][2H].[2H][2H].[2H][2H].[2H][2H].[2H][2H].[2H][2H].[2H][2H].[2H][2H].[2H][2H].[2H][2H].[2H][2H].[2H][2H].[2H][2H].[2H][2H].[2H][2H].[2H][2H].[2H][2H].[2H][2H].[2H][2H].[2H][2H].[2H][2H].[2H][2H].[2H][2H].[2H][2H].[2H][2H].[2H][2H].[2H][2H].[2H][2H].[2H][2H].[2H][2H].[2H][2H].[2H][2H].[2H][2H].[2H][2H].[2H][2H].[2H][2H].[2H][2H].[2H][2H].[2H][2H].[2H][2H].[2H][2H]. The van der Waals surface area contributed by atoms with Gasteiger partial charge < -0.3 is 19.3 Å². The van der Waals surface area contributed by atoms with Crippen molar-refractivity contribution in [2.24, 2.45) is 13.0 Å². The molecule has 1 amide bonds. The van der Waals surface area contributed by atoms with Gasteiger partial charge in [0.25, 0.3) is 0 Å². The number of aryl methyl sites for hydroxylation is 1. The van der Waals surface area contributed by atoms with E-state index in [0.717, 1.165) is 10.8 Å². The summed E-state index contributed by atoms with van der Waals surface area (Å²) < 4.78 is 580. The van der Waals surface area contributed by atoms with E-state index in [9.17, 15) is 36.3 Å². The number of benzene rings is 1. The van der Waals surface area contributed by atoms with Crippen LogP contribution in [0, 0.1) is 29.2 Å². The summed E-state index contributed by atoms with van der Waals surface area (Å²) in [6.07, 6.45) is -0.342. The molecule has 2 heterocycles. The second kappa shape index (κ2) is 11.0. The van der Waals surface area contributed by atoms with Gasteiger partial charge in [-0.25, -0.2) is 35.5 Å². The molecular formula is C22H125F4N3O6S. The predicted molar refractivity (Wildman–Crippen MR) is 223 cm³/mol. The molecule has 3 rings (SSSR count). The molecule has 1 aliphatic rings. The number of nitrogens with one attached hydrogen (secondary N) is 1. The number of aliphatic hydroxyl groups excluding tert-OH is 1. The Morgan fingerprint density at radius 2 is 1.83 bits per heavy atom. The third-order valence-corrected chi connectivity index (χ3v) is 7.30. The van der Waals surface area contributed by atoms with Crippen LogP contribution in [0.2, 0.25) is 0 Å². The number of sulfonamides is 1. The van der Waals surface area contributed by atoms with Gasteiger partial charge in [-0.3, -0.25) is 4.79 Å². The molecule has 2 aromatic rings. The zero-order valence-electron chi connectivity index (χ0n) is 117. The fourth-order valence-corrected chi connectivity index (χ4v) is 5.57. The van der Waals surface area contributed by atoms with Gasteiger partial charge in [0, 0.05) is 192 Å². The molecule has 1 aromatic carbocycles. The molecule has 36 heavy (non-hydrogen) atoms. The molecule has 1 saturated heterocycles. The molecule has 1 aromatic heterocycles. The maximum Gasteiger partial charge on any atom is 0.409 e. The van der Waals surface area contributed by atoms with Gasteiger partial charge in [-0.05, 0) is 37.0 Å². The Balaban J connectivity index is -0.0000000142. The van der Waals surface area contributed by atoms with Crippen LogP contribution in [0.3, 0.4) is 0 Å². The van der Waals surface area contributed by atoms with Crippen molar-refractivity contribution in [1.29, 1.82) is 0 Å². The van der Waals surface area contributed by atoms with E-state index in [2.05, 4.69) is 4.72 Å². The monoisotopic (exact) mass is 736 g/mol. The third-order valence-electron chi connectivity index (χ3n) is 5.82. The zero-order chi connectivity index (χ0) is 125. The first-order valence-electron chi connectivity index (χ1n) is 60.0. The number of Topliss-reactive ketones (excluding diaryl/α,β-unsaturated/α-hetero) is 1. The van der Waals surface area contributed by atoms with E-state index in [1.54, 1.807) is 6.92 Å². The summed E-state index contributed by atoms with van der Waals surface area (Å²) in [5.41, 5.74) is -0.927. The average Bonchev–Trinajstić information content (AvgIpc) is 1.63. The van der Waals surface area contributed by atoms with Gasteiger partial charge in [0.2, 0.25) is 10.0 Å². The van der Waals surface area contributed by atoms with E-state index < -0.39 is 74.1 Å². The Hall–Kier alpha value is -2.97. The van der Waals surface area contributed by atoms with Crippen molar-refractivity contribution >= 4 is 21.9 Å². The van der Waals surface area contributed by atoms with Crippen LogP contribution >= 0.6 is 0 Å². The van der Waals surface area contributed by atoms with Crippen molar-refractivity contribution in [3.63, 3.8) is 0 Å². The van der Waals surface area contributed by atoms with Crippen molar-refractivity contribution in [2.45, 2.75) is 30.7 Å². The van der Waals surface area contributed by atoms with Crippen LogP contribution in [0.4, 0.5) is 22.4 Å². The van der Waals surface area contributed by atoms with Gasteiger partial charge in [0.15, 0.2) is 29.1 Å². The van der Waals surface area contributed by atoms with Crippen LogP contribution in [-0.2, 0) is 28.2 Å². The number of amides is 1. The minimum atomic E-state index is -4.54. The molecular weight excluding hydrogens is 510 g/mol. The number of nitrogens with zero attached hydrogens (tertiary/aromatic N) is 2. The van der Waals surface area contributed by atoms with Crippen molar-refractivity contribution in [3.05, 3.63) is 52.9 Å². The van der Waals surface area contributed by atoms with Gasteiger partial charge >= 0.3 is 6.09 Å². The number of carbonyl (C=O) groups excluding carboxylic acids is 2. The highest BCUT2D eigenvalue weighted by atomic mass is 32.2. The van der Waals surface area contributed by atoms with Gasteiger partial charge in [0.1, 0.15) is 10.6 Å². The maximum absolute atomic E-state index is 15.2. The number of likely N-dealkylation sites (tertiary alicyclic amines) is 1. The number of hydrogen-bond donors (Lipinski definition) is 2. The van der Waals surface area contributed by atoms with Crippen LogP contribution in [0.15, 0.2) is 23.2 Å². The molecule has 2 atom stereocenters. The maximum atomic E-state index is 15.2. The highest BCUT2D eigenvalue weighted by Gasteiger charge is 2.39. The van der Waals surface area contributed by atoms with E-state index in [4.69, 9.17) is 150 Å². The van der Waals surface area contributed by atoms with Gasteiger partial charge in [-0.1, -0.05) is 0 Å². The molecule has 9 nitrogen and oxygen atoms in total. The molecule has 14 heteroatoms. The van der Waals surface area contributed by atoms with E-state index in [1.165, 1.54) is 11.9 Å². The Kier molecular flexibility index (Phi) is 1.46. The minimum Gasteiger partial charge on any atom is -0.450 e. The molecule has 2 unspecified atom stereocenters. The highest BCUT2D eigenvalue weighted by molar-refractivity contribution is 7.89. The first-order valence-corrected chi connectivity index (χ1v) is 12.4. The summed E-state index contributed by atoms with van der Waals surface area (Å²) in [5.74, 6) is -7.62. The first-order chi connectivity index (χ1) is 65.9.